The van der Waals surface area contributed by atoms with E-state index >= 15 is 0 Å². The summed E-state index contributed by atoms with van der Waals surface area (Å²) in [4.78, 5) is 21.6. The van der Waals surface area contributed by atoms with Gasteiger partial charge in [0.15, 0.2) is 0 Å². The second-order valence-corrected chi connectivity index (χ2v) is 4.65. The van der Waals surface area contributed by atoms with Crippen LogP contribution in [0.5, 0.6) is 0 Å². The minimum Gasteiger partial charge on any atom is -0.480 e. The van der Waals surface area contributed by atoms with Gasteiger partial charge in [0.1, 0.15) is 17.6 Å². The molecule has 0 aliphatic carbocycles. The lowest BCUT2D eigenvalue weighted by atomic mass is 10.3. The fraction of sp³-hybridized carbons (Fsp3) is 0.455. The van der Waals surface area contributed by atoms with Gasteiger partial charge in [0, 0.05) is 12.7 Å². The van der Waals surface area contributed by atoms with Crippen molar-refractivity contribution in [3.8, 4) is 0 Å². The number of hydrogen-bond acceptors (Lipinski definition) is 4. The lowest BCUT2D eigenvalue weighted by Crippen LogP contribution is -2.41. The number of furan rings is 1. The van der Waals surface area contributed by atoms with Crippen LogP contribution in [0.2, 0.25) is 0 Å². The zero-order chi connectivity index (χ0) is 12.8. The maximum absolute atomic E-state index is 10.8. The molecule has 1 atom stereocenters. The van der Waals surface area contributed by atoms with E-state index < -0.39 is 12.0 Å². The van der Waals surface area contributed by atoms with Crippen molar-refractivity contribution in [1.82, 2.24) is 5.32 Å². The van der Waals surface area contributed by atoms with E-state index in [1.165, 1.54) is 18.7 Å². The Hall–Kier alpha value is -1.43. The van der Waals surface area contributed by atoms with Crippen LogP contribution in [0.15, 0.2) is 16.5 Å². The van der Waals surface area contributed by atoms with Crippen LogP contribution in [0.3, 0.4) is 0 Å². The summed E-state index contributed by atoms with van der Waals surface area (Å²) in [6.07, 6.45) is 0. The summed E-state index contributed by atoms with van der Waals surface area (Å²) in [5, 5.41) is 11.3. The second-order valence-electron chi connectivity index (χ2n) is 3.62. The molecule has 0 fully saturated rings. The molecule has 1 aromatic rings. The van der Waals surface area contributed by atoms with Crippen LogP contribution in [-0.4, -0.2) is 28.8 Å². The Morgan fingerprint density at radius 1 is 1.53 bits per heavy atom. The Kier molecular flexibility index (Phi) is 5.09. The highest BCUT2D eigenvalue weighted by Crippen LogP contribution is 2.15. The third-order valence-corrected chi connectivity index (χ3v) is 3.06. The molecular formula is C11H15NO4S. The number of thioether (sulfide) groups is 1. The van der Waals surface area contributed by atoms with Crippen molar-refractivity contribution < 1.29 is 19.1 Å². The number of rotatable bonds is 6. The van der Waals surface area contributed by atoms with Gasteiger partial charge in [-0.25, -0.2) is 4.79 Å². The quantitative estimate of drug-likeness (QED) is 0.805. The summed E-state index contributed by atoms with van der Waals surface area (Å²) in [5.74, 6) is 1.18. The molecule has 0 aromatic carbocycles. The summed E-state index contributed by atoms with van der Waals surface area (Å²) < 4.78 is 5.35. The molecule has 1 aromatic heterocycles. The number of aryl methyl sites for hydroxylation is 1. The minimum atomic E-state index is -1.02. The van der Waals surface area contributed by atoms with Crippen molar-refractivity contribution in [2.75, 3.05) is 5.75 Å². The molecule has 0 bridgehead atoms. The Morgan fingerprint density at radius 2 is 2.24 bits per heavy atom. The number of carbonyl (C=O) groups excluding carboxylic acids is 1. The first-order valence-corrected chi connectivity index (χ1v) is 6.27. The van der Waals surface area contributed by atoms with Gasteiger partial charge in [0.2, 0.25) is 5.91 Å². The number of aliphatic carboxylic acids is 1. The van der Waals surface area contributed by atoms with Crippen molar-refractivity contribution in [3.63, 3.8) is 0 Å². The summed E-state index contributed by atoms with van der Waals surface area (Å²) >= 11 is 1.41. The third kappa shape index (κ3) is 4.95. The molecule has 0 radical (unpaired) electrons. The lowest BCUT2D eigenvalue weighted by molar-refractivity contribution is -0.140. The van der Waals surface area contributed by atoms with Crippen molar-refractivity contribution >= 4 is 23.6 Å². The molecule has 0 unspecified atom stereocenters. The van der Waals surface area contributed by atoms with E-state index in [0.717, 1.165) is 11.5 Å². The van der Waals surface area contributed by atoms with Crippen LogP contribution in [0.25, 0.3) is 0 Å². The Morgan fingerprint density at radius 3 is 2.71 bits per heavy atom. The summed E-state index contributed by atoms with van der Waals surface area (Å²) in [5.41, 5.74) is 0. The van der Waals surface area contributed by atoms with Gasteiger partial charge in [0.25, 0.3) is 0 Å². The normalized spacial score (nSPS) is 12.1. The number of carboxylic acids is 1. The van der Waals surface area contributed by atoms with E-state index in [9.17, 15) is 9.59 Å². The van der Waals surface area contributed by atoms with Gasteiger partial charge in [0.05, 0.1) is 5.75 Å². The molecule has 6 heteroatoms. The molecule has 0 saturated carbocycles. The first kappa shape index (κ1) is 13.6. The van der Waals surface area contributed by atoms with Gasteiger partial charge >= 0.3 is 5.97 Å². The zero-order valence-corrected chi connectivity index (χ0v) is 10.5. The van der Waals surface area contributed by atoms with Gasteiger partial charge in [-0.3, -0.25) is 4.79 Å². The molecular weight excluding hydrogens is 242 g/mol. The molecule has 1 heterocycles. The summed E-state index contributed by atoms with van der Waals surface area (Å²) in [7, 11) is 0. The van der Waals surface area contributed by atoms with Crippen molar-refractivity contribution in [2.24, 2.45) is 0 Å². The molecule has 0 saturated heterocycles. The average Bonchev–Trinajstić information content (AvgIpc) is 2.62. The van der Waals surface area contributed by atoms with Crippen LogP contribution < -0.4 is 5.32 Å². The van der Waals surface area contributed by atoms with E-state index in [1.807, 2.05) is 19.1 Å². The van der Waals surface area contributed by atoms with Gasteiger partial charge in [-0.2, -0.15) is 11.8 Å². The molecule has 5 nitrogen and oxygen atoms in total. The molecule has 17 heavy (non-hydrogen) atoms. The predicted molar refractivity (Wildman–Crippen MR) is 64.8 cm³/mol. The van der Waals surface area contributed by atoms with E-state index in [0.29, 0.717) is 11.5 Å². The molecule has 1 amide bonds. The lowest BCUT2D eigenvalue weighted by Gasteiger charge is -2.11. The monoisotopic (exact) mass is 257 g/mol. The van der Waals surface area contributed by atoms with Gasteiger partial charge in [-0.1, -0.05) is 0 Å². The highest BCUT2D eigenvalue weighted by Gasteiger charge is 2.18. The fourth-order valence-electron chi connectivity index (χ4n) is 1.26. The fourth-order valence-corrected chi connectivity index (χ4v) is 2.20. The maximum atomic E-state index is 10.8. The SMILES string of the molecule is CC(=O)N[C@@H](CSCc1ccc(C)o1)C(=O)O. The van der Waals surface area contributed by atoms with Crippen LogP contribution in [0.1, 0.15) is 18.4 Å². The Labute approximate surface area is 104 Å². The number of carbonyl (C=O) groups is 2. The first-order chi connectivity index (χ1) is 7.99. The molecule has 2 N–H and O–H groups in total. The molecule has 94 valence electrons. The van der Waals surface area contributed by atoms with Gasteiger partial charge in [-0.15, -0.1) is 0 Å². The number of amides is 1. The molecule has 1 rings (SSSR count). The predicted octanol–water partition coefficient (Wildman–Crippen LogP) is 1.41. The third-order valence-electron chi connectivity index (χ3n) is 2.00. The zero-order valence-electron chi connectivity index (χ0n) is 9.73. The number of hydrogen-bond donors (Lipinski definition) is 2. The number of carboxylic acid groups (broad SMARTS) is 1. The topological polar surface area (TPSA) is 79.5 Å². The van der Waals surface area contributed by atoms with Crippen molar-refractivity contribution in [1.29, 1.82) is 0 Å². The largest absolute Gasteiger partial charge is 0.480 e. The van der Waals surface area contributed by atoms with Crippen molar-refractivity contribution in [2.45, 2.75) is 25.6 Å². The van der Waals surface area contributed by atoms with Gasteiger partial charge < -0.3 is 14.8 Å². The molecule has 0 spiro atoms. The van der Waals surface area contributed by atoms with Crippen molar-refractivity contribution in [3.05, 3.63) is 23.7 Å². The maximum Gasteiger partial charge on any atom is 0.327 e. The standard InChI is InChI=1S/C11H15NO4S/c1-7-3-4-9(16-7)5-17-6-10(11(14)15)12-8(2)13/h3-4,10H,5-6H2,1-2H3,(H,12,13)(H,14,15)/t10-/m0/s1. The minimum absolute atomic E-state index is 0.314. The highest BCUT2D eigenvalue weighted by atomic mass is 32.2. The summed E-state index contributed by atoms with van der Waals surface area (Å²) in [6.45, 7) is 3.15. The second kappa shape index (κ2) is 6.34. The van der Waals surface area contributed by atoms with Crippen LogP contribution in [-0.2, 0) is 15.3 Å². The number of nitrogens with one attached hydrogen (secondary N) is 1. The van der Waals surface area contributed by atoms with E-state index in [1.54, 1.807) is 0 Å². The van der Waals surface area contributed by atoms with Crippen LogP contribution in [0.4, 0.5) is 0 Å². The van der Waals surface area contributed by atoms with E-state index in [4.69, 9.17) is 9.52 Å². The van der Waals surface area contributed by atoms with Gasteiger partial charge in [-0.05, 0) is 19.1 Å². The van der Waals surface area contributed by atoms with E-state index in [2.05, 4.69) is 5.32 Å². The van der Waals surface area contributed by atoms with E-state index in [-0.39, 0.29) is 5.91 Å². The first-order valence-electron chi connectivity index (χ1n) is 5.12. The Bertz CT molecular complexity index is 402. The Balaban J connectivity index is 2.37. The van der Waals surface area contributed by atoms with Crippen LogP contribution in [0, 0.1) is 6.92 Å². The smallest absolute Gasteiger partial charge is 0.327 e. The molecule has 0 aliphatic rings. The van der Waals surface area contributed by atoms with Crippen LogP contribution >= 0.6 is 11.8 Å². The average molecular weight is 257 g/mol. The highest BCUT2D eigenvalue weighted by molar-refractivity contribution is 7.98. The summed E-state index contributed by atoms with van der Waals surface area (Å²) in [6, 6.07) is 2.86. The molecule has 0 aliphatic heterocycles.